The predicted octanol–water partition coefficient (Wildman–Crippen LogP) is 5.77. The van der Waals surface area contributed by atoms with E-state index in [0.717, 1.165) is 11.3 Å². The van der Waals surface area contributed by atoms with Gasteiger partial charge in [0.2, 0.25) is 6.79 Å². The number of hydrogen-bond acceptors (Lipinski definition) is 6. The molecule has 0 bridgehead atoms. The Bertz CT molecular complexity index is 1250. The molecule has 2 heterocycles. The number of benzene rings is 2. The molecule has 0 fully saturated rings. The first kappa shape index (κ1) is 23.5. The highest BCUT2D eigenvalue weighted by Gasteiger charge is 2.43. The minimum Gasteiger partial charge on any atom is -0.459 e. The average Bonchev–Trinajstić information content (AvgIpc) is 3.30. The molecule has 1 N–H and O–H groups in total. The Morgan fingerprint density at radius 2 is 1.89 bits per heavy atom. The van der Waals surface area contributed by atoms with Gasteiger partial charge in [-0.3, -0.25) is 4.79 Å². The van der Waals surface area contributed by atoms with Crippen molar-refractivity contribution in [3.8, 4) is 11.5 Å². The van der Waals surface area contributed by atoms with Crippen LogP contribution in [0.1, 0.15) is 63.0 Å². The van der Waals surface area contributed by atoms with Crippen LogP contribution in [0, 0.1) is 0 Å². The summed E-state index contributed by atoms with van der Waals surface area (Å²) in [5.41, 5.74) is 4.21. The number of halogens is 1. The van der Waals surface area contributed by atoms with E-state index in [-0.39, 0.29) is 24.6 Å². The predicted molar refractivity (Wildman–Crippen MR) is 132 cm³/mol. The van der Waals surface area contributed by atoms with Gasteiger partial charge in [0.25, 0.3) is 0 Å². The molecule has 182 valence electrons. The maximum atomic E-state index is 13.7. The van der Waals surface area contributed by atoms with Gasteiger partial charge in [-0.2, -0.15) is 0 Å². The summed E-state index contributed by atoms with van der Waals surface area (Å²) in [5, 5.41) is 3.79. The van der Waals surface area contributed by atoms with Crippen LogP contribution in [0.15, 0.2) is 65.0 Å². The molecule has 0 saturated carbocycles. The number of carbonyl (C=O) groups is 2. The molecular weight excluding hydrogens is 466 g/mol. The molecule has 0 unspecified atom stereocenters. The van der Waals surface area contributed by atoms with Crippen LogP contribution in [-0.4, -0.2) is 24.6 Å². The summed E-state index contributed by atoms with van der Waals surface area (Å²) >= 11 is 6.73. The van der Waals surface area contributed by atoms with Gasteiger partial charge in [0.15, 0.2) is 17.3 Å². The lowest BCUT2D eigenvalue weighted by Crippen LogP contribution is -2.36. The highest BCUT2D eigenvalue weighted by atomic mass is 35.5. The van der Waals surface area contributed by atoms with E-state index >= 15 is 0 Å². The molecule has 2 aliphatic heterocycles. The van der Waals surface area contributed by atoms with Crippen LogP contribution >= 0.6 is 11.6 Å². The smallest absolute Gasteiger partial charge is 0.337 e. The van der Waals surface area contributed by atoms with Crippen molar-refractivity contribution in [2.45, 2.75) is 58.0 Å². The van der Waals surface area contributed by atoms with Gasteiger partial charge in [0.1, 0.15) is 0 Å². The number of hydrogen-bond donors (Lipinski definition) is 1. The molecule has 3 aliphatic rings. The number of ketones is 1. The van der Waals surface area contributed by atoms with E-state index in [0.29, 0.717) is 58.2 Å². The third kappa shape index (κ3) is 4.31. The summed E-state index contributed by atoms with van der Waals surface area (Å²) in [4.78, 5) is 27.1. The number of nitrogens with one attached hydrogen (secondary N) is 1. The lowest BCUT2D eigenvalue weighted by Gasteiger charge is -2.37. The molecular formula is C28H28ClNO5. The number of allylic oxidation sites excluding steroid dienone is 3. The third-order valence-corrected chi connectivity index (χ3v) is 7.33. The Kier molecular flexibility index (Phi) is 6.32. The summed E-state index contributed by atoms with van der Waals surface area (Å²) in [7, 11) is 0. The fraction of sp³-hybridized carbons (Fsp3) is 0.357. The van der Waals surface area contributed by atoms with Gasteiger partial charge in [-0.15, -0.1) is 0 Å². The maximum Gasteiger partial charge on any atom is 0.337 e. The van der Waals surface area contributed by atoms with Crippen LogP contribution < -0.4 is 14.8 Å². The molecule has 0 aromatic heterocycles. The zero-order valence-electron chi connectivity index (χ0n) is 20.0. The molecule has 0 radical (unpaired) electrons. The Morgan fingerprint density at radius 1 is 1.17 bits per heavy atom. The highest BCUT2D eigenvalue weighted by Crippen LogP contribution is 2.49. The molecule has 1 aliphatic carbocycles. The van der Waals surface area contributed by atoms with Crippen LogP contribution in [0.4, 0.5) is 0 Å². The number of carbonyl (C=O) groups excluding carboxylic acids is 2. The fourth-order valence-corrected chi connectivity index (χ4v) is 5.33. The van der Waals surface area contributed by atoms with Gasteiger partial charge in [-0.1, -0.05) is 48.9 Å². The largest absolute Gasteiger partial charge is 0.459 e. The van der Waals surface area contributed by atoms with E-state index < -0.39 is 11.9 Å². The average molecular weight is 494 g/mol. The van der Waals surface area contributed by atoms with Gasteiger partial charge in [-0.05, 0) is 49.8 Å². The number of rotatable bonds is 5. The van der Waals surface area contributed by atoms with Crippen molar-refractivity contribution in [1.82, 2.24) is 5.32 Å². The molecule has 0 spiro atoms. The second kappa shape index (κ2) is 9.42. The van der Waals surface area contributed by atoms with Crippen molar-refractivity contribution >= 4 is 23.4 Å². The Labute approximate surface area is 209 Å². The highest BCUT2D eigenvalue weighted by molar-refractivity contribution is 6.32. The molecule has 3 atom stereocenters. The first-order valence-electron chi connectivity index (χ1n) is 12.0. The zero-order valence-corrected chi connectivity index (χ0v) is 20.8. The standard InChI is InChI=1S/C28H28ClNO5/c1-4-15(2)35-28(32)25-16(3)30-21-10-18(17-8-6-5-7-9-17)11-22(31)27(21)26(25)19-12-23-24(13-20(19)29)34-14-33-23/h5-9,12-13,15,18,26,30H,4,10-11,14H2,1-3H3/t15-,18-,26-/m0/s1. The SMILES string of the molecule is CC[C@H](C)OC(=O)C1=C(C)NC2=C(C(=O)C[C@@H](c3ccccc3)C2)[C@H]1c1cc2c(cc1Cl)OCO2. The first-order valence-corrected chi connectivity index (χ1v) is 12.3. The van der Waals surface area contributed by atoms with E-state index in [9.17, 15) is 9.59 Å². The summed E-state index contributed by atoms with van der Waals surface area (Å²) < 4.78 is 16.8. The van der Waals surface area contributed by atoms with Crippen LogP contribution in [0.3, 0.4) is 0 Å². The molecule has 7 heteroatoms. The summed E-state index contributed by atoms with van der Waals surface area (Å²) in [6.45, 7) is 5.76. The van der Waals surface area contributed by atoms with Crippen molar-refractivity contribution in [2.75, 3.05) is 6.79 Å². The number of fused-ring (bicyclic) bond motifs is 1. The van der Waals surface area contributed by atoms with Gasteiger partial charge in [0.05, 0.1) is 11.7 Å². The number of dihydropyridines is 1. The summed E-state index contributed by atoms with van der Waals surface area (Å²) in [6.07, 6.45) is 1.45. The first-order chi connectivity index (χ1) is 16.9. The van der Waals surface area contributed by atoms with Gasteiger partial charge in [0, 0.05) is 40.4 Å². The van der Waals surface area contributed by atoms with Crippen LogP contribution in [0.25, 0.3) is 0 Å². The molecule has 0 saturated heterocycles. The summed E-state index contributed by atoms with van der Waals surface area (Å²) in [6, 6.07) is 13.5. The normalized spacial score (nSPS) is 22.0. The lowest BCUT2D eigenvalue weighted by atomic mass is 9.71. The topological polar surface area (TPSA) is 73.9 Å². The van der Waals surface area contributed by atoms with Crippen molar-refractivity contribution in [2.24, 2.45) is 0 Å². The molecule has 35 heavy (non-hydrogen) atoms. The molecule has 2 aromatic rings. The van der Waals surface area contributed by atoms with Crippen LogP contribution in [0.2, 0.25) is 5.02 Å². The van der Waals surface area contributed by atoms with E-state index in [2.05, 4.69) is 17.4 Å². The molecule has 6 nitrogen and oxygen atoms in total. The minimum absolute atomic E-state index is 0.00678. The van der Waals surface area contributed by atoms with Crippen molar-refractivity contribution in [1.29, 1.82) is 0 Å². The van der Waals surface area contributed by atoms with Gasteiger partial charge in [-0.25, -0.2) is 4.79 Å². The van der Waals surface area contributed by atoms with E-state index in [4.69, 9.17) is 25.8 Å². The third-order valence-electron chi connectivity index (χ3n) is 7.00. The number of esters is 1. The number of Topliss-reactive ketones (excluding diaryl/α,β-unsaturated/α-hetero) is 1. The number of ether oxygens (including phenoxy) is 3. The van der Waals surface area contributed by atoms with E-state index in [1.54, 1.807) is 12.1 Å². The van der Waals surface area contributed by atoms with Gasteiger partial charge >= 0.3 is 5.97 Å². The maximum absolute atomic E-state index is 13.7. The van der Waals surface area contributed by atoms with E-state index in [1.165, 1.54) is 0 Å². The van der Waals surface area contributed by atoms with Crippen molar-refractivity contribution < 1.29 is 23.8 Å². The summed E-state index contributed by atoms with van der Waals surface area (Å²) in [5.74, 6) is 0.0341. The molecule has 5 rings (SSSR count). The molecule has 2 aromatic carbocycles. The van der Waals surface area contributed by atoms with E-state index in [1.807, 2.05) is 39.0 Å². The monoisotopic (exact) mass is 493 g/mol. The molecule has 0 amide bonds. The van der Waals surface area contributed by atoms with Crippen LogP contribution in [0.5, 0.6) is 11.5 Å². The minimum atomic E-state index is -0.658. The second-order valence-electron chi connectivity index (χ2n) is 9.28. The Balaban J connectivity index is 1.62. The van der Waals surface area contributed by atoms with Crippen molar-refractivity contribution in [3.05, 3.63) is 81.2 Å². The Morgan fingerprint density at radius 3 is 2.60 bits per heavy atom. The lowest BCUT2D eigenvalue weighted by molar-refractivity contribution is -0.144. The second-order valence-corrected chi connectivity index (χ2v) is 9.69. The fourth-order valence-electron chi connectivity index (χ4n) is 5.07. The van der Waals surface area contributed by atoms with Crippen LogP contribution in [-0.2, 0) is 14.3 Å². The quantitative estimate of drug-likeness (QED) is 0.533. The Hall–Kier alpha value is -3.25. The zero-order chi connectivity index (χ0) is 24.7. The van der Waals surface area contributed by atoms with Gasteiger partial charge < -0.3 is 19.5 Å². The van der Waals surface area contributed by atoms with Crippen molar-refractivity contribution in [3.63, 3.8) is 0 Å².